The second-order valence-electron chi connectivity index (χ2n) is 0.129. The van der Waals surface area contributed by atoms with E-state index in [1.807, 2.05) is 6.79 Å². The first-order valence-electron chi connectivity index (χ1n) is 2.53. The van der Waals surface area contributed by atoms with E-state index in [1.165, 1.54) is 5.97 Å². The summed E-state index contributed by atoms with van der Waals surface area (Å²) in [4.78, 5) is 8.00. The molecule has 0 unspecified atom stereocenters. The molecule has 0 fully saturated rings. The van der Waals surface area contributed by atoms with Crippen molar-refractivity contribution in [3.05, 3.63) is 0 Å². The molecule has 0 aromatic rings. The molecule has 0 spiro atoms. The van der Waals surface area contributed by atoms with E-state index in [4.69, 9.17) is 14.1 Å². The minimum absolute atomic E-state index is 0. The van der Waals surface area contributed by atoms with Gasteiger partial charge < -0.3 is 6.22 Å². The summed E-state index contributed by atoms with van der Waals surface area (Å²) >= 11 is 0. The summed E-state index contributed by atoms with van der Waals surface area (Å²) in [6, 6.07) is 0. The average Bonchev–Trinajstić information content (AvgIpc) is 1.71. The van der Waals surface area contributed by atoms with Gasteiger partial charge in [-0.1, -0.05) is 0 Å². The van der Waals surface area contributed by atoms with Crippen molar-refractivity contribution in [3.63, 3.8) is 0 Å². The SMILES string of the molecule is C=O.[2H][B-]([2H])([2H])C#N.[H-].[Na+]. The summed E-state index contributed by atoms with van der Waals surface area (Å²) < 4.78 is 18.6. The molecule has 0 bridgehead atoms. The van der Waals surface area contributed by atoms with Crippen molar-refractivity contribution in [2.45, 2.75) is 0 Å². The molecule has 0 N–H and O–H groups in total. The molecule has 0 aromatic carbocycles. The van der Waals surface area contributed by atoms with Crippen LogP contribution in [0.3, 0.4) is 0 Å². The molecule has 0 aliphatic rings. The summed E-state index contributed by atoms with van der Waals surface area (Å²) in [5.41, 5.74) is 0. The third-order valence-electron chi connectivity index (χ3n) is 0. The van der Waals surface area contributed by atoms with Gasteiger partial charge in [0.2, 0.25) is 0 Å². The van der Waals surface area contributed by atoms with Crippen molar-refractivity contribution in [2.24, 2.45) is 0 Å². The Kier molecular flexibility index (Phi) is 45.4. The van der Waals surface area contributed by atoms with E-state index in [1.54, 1.807) is 0 Å². The van der Waals surface area contributed by atoms with E-state index < -0.39 is 7.74 Å². The van der Waals surface area contributed by atoms with E-state index in [2.05, 4.69) is 0 Å². The van der Waals surface area contributed by atoms with Crippen LogP contribution in [0.5, 0.6) is 0 Å². The zero-order valence-corrected chi connectivity index (χ0v) is 5.64. The van der Waals surface area contributed by atoms with E-state index in [-0.39, 0.29) is 31.0 Å². The smallest absolute Gasteiger partial charge is 1.00 e. The van der Waals surface area contributed by atoms with Crippen LogP contribution in [-0.4, -0.2) is 18.5 Å². The summed E-state index contributed by atoms with van der Waals surface area (Å²) in [7, 11) is -2.93. The Hall–Kier alpha value is 0.225. The van der Waals surface area contributed by atoms with Gasteiger partial charge in [0.1, 0.15) is 6.79 Å². The molecule has 0 rings (SSSR count). The van der Waals surface area contributed by atoms with Gasteiger partial charge in [0.25, 0.3) is 0 Å². The predicted octanol–water partition coefficient (Wildman–Crippen LogP) is -4.24. The number of hydrogen-bond acceptors (Lipinski definition) is 2. The average molecular weight is 96.9 g/mol. The first-order valence-corrected chi connectivity index (χ1v) is 0.801. The zero-order valence-electron chi connectivity index (χ0n) is 7.64. The maximum absolute atomic E-state index is 8.00. The number of nitriles is 1. The topological polar surface area (TPSA) is 40.9 Å². The van der Waals surface area contributed by atoms with E-state index in [0.717, 1.165) is 0 Å². The normalized spacial score (nSPS) is 11.5. The van der Waals surface area contributed by atoms with Crippen molar-refractivity contribution < 1.29 is 35.8 Å². The van der Waals surface area contributed by atoms with Crippen LogP contribution in [0.2, 0.25) is 0 Å². The van der Waals surface area contributed by atoms with Crippen LogP contribution in [-0.2, 0) is 4.79 Å². The monoisotopic (exact) mass is 97.1 g/mol. The molecule has 0 saturated carbocycles. The van der Waals surface area contributed by atoms with Crippen molar-refractivity contribution in [2.75, 3.05) is 0 Å². The van der Waals surface area contributed by atoms with Gasteiger partial charge in [0.05, 0.1) is 7.74 Å². The van der Waals surface area contributed by atoms with Crippen LogP contribution in [0.4, 0.5) is 0 Å². The Labute approximate surface area is 65.8 Å². The number of carbonyl (C=O) groups is 1. The summed E-state index contributed by atoms with van der Waals surface area (Å²) in [6.07, 6.45) is 0. The first kappa shape index (κ1) is 4.39. The van der Waals surface area contributed by atoms with Crippen LogP contribution in [0.25, 0.3) is 0 Å². The standard InChI is InChI=1S/CH3BN.CH2O.Na.H/c2-1-3;1-2;;/h2H3;1H2;;/q-1;;+1;-1/i2D3;;;. The van der Waals surface area contributed by atoms with Crippen molar-refractivity contribution in [1.29, 1.82) is 9.27 Å². The fourth-order valence-electron chi connectivity index (χ4n) is 0. The minimum Gasteiger partial charge on any atom is -1.00 e. The van der Waals surface area contributed by atoms with Crippen LogP contribution in [0, 0.1) is 11.2 Å². The zero-order chi connectivity index (χ0) is 7.21. The van der Waals surface area contributed by atoms with Crippen LogP contribution < -0.4 is 29.6 Å². The Morgan fingerprint density at radius 3 is 2.33 bits per heavy atom. The molecule has 0 radical (unpaired) electrons. The summed E-state index contributed by atoms with van der Waals surface area (Å²) in [6.45, 7) is 2.00. The van der Waals surface area contributed by atoms with Gasteiger partial charge >= 0.3 is 29.6 Å². The summed E-state index contributed by atoms with van der Waals surface area (Å²) in [5.74, 6) is 1.17. The van der Waals surface area contributed by atoms with E-state index in [9.17, 15) is 0 Å². The van der Waals surface area contributed by atoms with Gasteiger partial charge in [-0.05, 0) is 0 Å². The molecule has 0 saturated heterocycles. The quantitative estimate of drug-likeness (QED) is 0.287. The molecule has 6 heavy (non-hydrogen) atoms. The van der Waals surface area contributed by atoms with Crippen LogP contribution in [0.1, 0.15) is 1.43 Å². The molecule has 0 aliphatic carbocycles. The van der Waals surface area contributed by atoms with Gasteiger partial charge in [-0.2, -0.15) is 5.97 Å². The molecular weight excluding hydrogens is 87.8 g/mol. The van der Waals surface area contributed by atoms with E-state index >= 15 is 0 Å². The molecule has 0 aliphatic heterocycles. The van der Waals surface area contributed by atoms with Crippen LogP contribution in [0.15, 0.2) is 0 Å². The Morgan fingerprint density at radius 1 is 2.17 bits per heavy atom. The maximum Gasteiger partial charge on any atom is 1.00 e. The Bertz CT molecular complexity index is 100. The van der Waals surface area contributed by atoms with E-state index in [0.29, 0.717) is 0 Å². The fourth-order valence-corrected chi connectivity index (χ4v) is 0. The molecular formula is C2H6BNNaO-. The van der Waals surface area contributed by atoms with Crippen LogP contribution >= 0.6 is 0 Å². The second-order valence-corrected chi connectivity index (χ2v) is 0.129. The molecule has 0 atom stereocenters. The third-order valence-corrected chi connectivity index (χ3v) is 0. The maximum atomic E-state index is 8.00. The molecule has 4 heteroatoms. The van der Waals surface area contributed by atoms with Crippen molar-refractivity contribution in [3.8, 4) is 5.97 Å². The molecule has 2 nitrogen and oxygen atoms in total. The number of rotatable bonds is 0. The molecule has 0 aromatic heterocycles. The van der Waals surface area contributed by atoms with Crippen molar-refractivity contribution >= 4 is 14.5 Å². The number of carbonyl (C=O) groups excluding carboxylic acids is 1. The largest absolute Gasteiger partial charge is 1.00 e. The number of hydrogen-bond donors (Lipinski definition) is 0. The second kappa shape index (κ2) is 62.2. The first-order chi connectivity index (χ1) is 3.56. The minimum atomic E-state index is -2.93. The van der Waals surface area contributed by atoms with Gasteiger partial charge in [-0.15, -0.1) is 0 Å². The van der Waals surface area contributed by atoms with Gasteiger partial charge in [-0.25, -0.2) is 4.01 Å². The van der Waals surface area contributed by atoms with Gasteiger partial charge in [0, 0.05) is 0 Å². The Morgan fingerprint density at radius 2 is 2.33 bits per heavy atom. The van der Waals surface area contributed by atoms with Gasteiger partial charge in [0.15, 0.2) is 0 Å². The number of nitrogens with zero attached hydrogens (tertiary/aromatic N) is 1. The third kappa shape index (κ3) is 868. The molecule has 0 heterocycles. The molecule has 0 amide bonds. The van der Waals surface area contributed by atoms with Gasteiger partial charge in [-0.3, -0.25) is 5.26 Å². The molecule has 30 valence electrons. The van der Waals surface area contributed by atoms with Crippen molar-refractivity contribution in [1.82, 2.24) is 0 Å². The summed E-state index contributed by atoms with van der Waals surface area (Å²) in [5, 5.41) is 7.62. The predicted molar refractivity (Wildman–Crippen MR) is 23.8 cm³/mol. The Balaban J connectivity index is -0.0000000412. The fraction of sp³-hybridized carbons (Fsp3) is 0.